The number of carbonyl (C=O) groups is 11. The molecule has 0 radical (unpaired) electrons. The number of imide groups is 3. The number of anilines is 5. The van der Waals surface area contributed by atoms with Crippen LogP contribution in [0.1, 0.15) is 194 Å². The molecule has 8 saturated heterocycles. The molecule has 3 unspecified atom stereocenters. The highest BCUT2D eigenvalue weighted by Crippen LogP contribution is 2.44. The number of pyridine rings is 2. The highest BCUT2D eigenvalue weighted by Gasteiger charge is 2.46. The summed E-state index contributed by atoms with van der Waals surface area (Å²) in [7, 11) is 11.9. The van der Waals surface area contributed by atoms with Crippen LogP contribution in [-0.4, -0.2) is 373 Å². The predicted octanol–water partition coefficient (Wildman–Crippen LogP) is 6.18. The van der Waals surface area contributed by atoms with E-state index in [0.29, 0.717) is 109 Å². The molecule has 10 fully saturated rings. The van der Waals surface area contributed by atoms with Crippen LogP contribution < -0.4 is 60.0 Å². The quantitative estimate of drug-likeness (QED) is 0.0464. The van der Waals surface area contributed by atoms with E-state index < -0.39 is 35.8 Å². The van der Waals surface area contributed by atoms with Crippen LogP contribution in [0.4, 0.5) is 28.4 Å². The lowest BCUT2D eigenvalue weighted by Gasteiger charge is -2.39. The lowest BCUT2D eigenvalue weighted by atomic mass is 10.0. The van der Waals surface area contributed by atoms with E-state index in [2.05, 4.69) is 121 Å². The number of nitrogens with one attached hydrogen (secondary N) is 4. The average molecular weight is 2030 g/mol. The summed E-state index contributed by atoms with van der Waals surface area (Å²) in [6, 6.07) is 23.0. The van der Waals surface area contributed by atoms with Crippen LogP contribution in [0.5, 0.6) is 17.2 Å². The van der Waals surface area contributed by atoms with Crippen molar-refractivity contribution in [3.63, 3.8) is 0 Å². The number of hydrogen-bond acceptors (Lipinski definition) is 30. The summed E-state index contributed by atoms with van der Waals surface area (Å²) >= 11 is 0. The van der Waals surface area contributed by atoms with E-state index in [1.165, 1.54) is 25.7 Å². The predicted molar refractivity (Wildman–Crippen MR) is 554 cm³/mol. The summed E-state index contributed by atoms with van der Waals surface area (Å²) in [5, 5.41) is 12.2. The van der Waals surface area contributed by atoms with E-state index in [1.807, 2.05) is 61.2 Å². The van der Waals surface area contributed by atoms with Crippen molar-refractivity contribution in [3.8, 4) is 17.2 Å². The largest absolute Gasteiger partial charge is 0.496 e. The van der Waals surface area contributed by atoms with Crippen LogP contribution in [0, 0.1) is 0 Å². The molecule has 4 N–H and O–H groups in total. The maximum atomic E-state index is 13.4. The first kappa shape index (κ1) is 102. The Hall–Kier alpha value is -13.5. The number of aromatic nitrogens is 8. The zero-order valence-electron chi connectivity index (χ0n) is 85.0. The number of halogens is 1. The van der Waals surface area contributed by atoms with Gasteiger partial charge in [0.15, 0.2) is 0 Å². The minimum atomic E-state index is -0.654. The Balaban J connectivity index is 0.000000149. The Morgan fingerprint density at radius 3 is 0.959 bits per heavy atom. The molecule has 778 valence electrons. The Labute approximate surface area is 860 Å². The molecule has 9 aromatic rings. The molecule has 6 aromatic heterocycles. The van der Waals surface area contributed by atoms with Crippen molar-refractivity contribution in [2.75, 3.05) is 231 Å². The Bertz CT molecular complexity index is 6150. The standard InChI is InChI=1S/2C44H55N11O5.C18H22N4O4.ClH/c2*1-49(2)43(58)36-23-29-26-46-38(47-41(29)55(36)32-6-4-5-7-32)24-31-8-9-33(27-45-31)52-18-14-50(15-19-52)12-13-51-16-20-53(21-17-51)34-22-30-28-54(35-10-11-39(56)48-42(35)57)44(59)40(30)37(25-34)60-3;1-26-14-9-12(21-6-4-19-5-7-21)8-11-10-22(18(25)16(11)14)13-2-3-15(23)20-17(13)24;/h2*8-9,22-23,25-27,32,35H,4-7,10-21,24,28H2,1-3H3,(H,48,56,57);8-9,13,19H,2-7,10H2,1H3,(H,20,23,24);1H. The van der Waals surface area contributed by atoms with E-state index in [1.54, 1.807) is 74.0 Å². The van der Waals surface area contributed by atoms with Gasteiger partial charge in [-0.1, -0.05) is 25.7 Å². The van der Waals surface area contributed by atoms with Crippen LogP contribution in [0.2, 0.25) is 0 Å². The Morgan fingerprint density at radius 2 is 0.673 bits per heavy atom. The van der Waals surface area contributed by atoms with Crippen molar-refractivity contribution in [1.82, 2.24) is 104 Å². The second-order valence-corrected chi connectivity index (χ2v) is 40.9. The fourth-order valence-corrected chi connectivity index (χ4v) is 23.3. The maximum Gasteiger partial charge on any atom is 0.270 e. The molecule has 3 aromatic carbocycles. The lowest BCUT2D eigenvalue weighted by Crippen LogP contribution is -2.52. The van der Waals surface area contributed by atoms with Gasteiger partial charge in [0.1, 0.15) is 69.7 Å². The number of carbonyl (C=O) groups excluding carboxylic acids is 11. The molecule has 41 heteroatoms. The summed E-state index contributed by atoms with van der Waals surface area (Å²) in [6.07, 6.45) is 19.3. The maximum absolute atomic E-state index is 13.4. The molecule has 0 spiro atoms. The molecule has 22 rings (SSSR count). The summed E-state index contributed by atoms with van der Waals surface area (Å²) in [5.41, 5.74) is 14.4. The fourth-order valence-electron chi connectivity index (χ4n) is 23.3. The molecule has 40 nitrogen and oxygen atoms in total. The number of methoxy groups -OCH3 is 3. The summed E-state index contributed by atoms with van der Waals surface area (Å²) in [6.45, 7) is 23.8. The highest BCUT2D eigenvalue weighted by molar-refractivity contribution is 6.10. The summed E-state index contributed by atoms with van der Waals surface area (Å²) in [5.74, 6) is 0.249. The second-order valence-electron chi connectivity index (χ2n) is 40.9. The van der Waals surface area contributed by atoms with Gasteiger partial charge in [-0.2, -0.15) is 0 Å². The SMILES string of the molecule is COc1cc(N2CCN(CCN3CCN(c4ccc(Cc5ncc6cc(C(=O)N(C)C)n(C7CCCC7)c6n5)nc4)CC3)CC2)cc2c1C(=O)N(C1CCC(=O)NC1=O)C2.COc1cc(N2CCN(CCN3CCN(c4ccc(Cc5ncc6cc(C(=O)N(C)C)n(C7CCCC7)c6n5)nc4)CC3)CC2)cc2c1C(=O)N(C1CCC(=O)NC1=O)C2.COc1cc(N2CCNCC2)cc2c1C(=O)N(C1CCC(=O)NC1=O)C2.Cl. The average Bonchev–Trinajstić information content (AvgIpc) is 1.68. The molecule has 17 heterocycles. The van der Waals surface area contributed by atoms with Gasteiger partial charge in [0.2, 0.25) is 35.4 Å². The lowest BCUT2D eigenvalue weighted by molar-refractivity contribution is -0.138. The van der Waals surface area contributed by atoms with E-state index in [9.17, 15) is 52.7 Å². The number of fused-ring (bicyclic) bond motifs is 5. The molecule has 0 bridgehead atoms. The molecule has 2 saturated carbocycles. The van der Waals surface area contributed by atoms with Crippen LogP contribution in [0.25, 0.3) is 22.1 Å². The number of rotatable bonds is 25. The van der Waals surface area contributed by atoms with E-state index >= 15 is 0 Å². The molecule has 13 aliphatic rings. The van der Waals surface area contributed by atoms with Crippen LogP contribution in [-0.2, 0) is 61.2 Å². The van der Waals surface area contributed by atoms with Crippen molar-refractivity contribution in [3.05, 3.63) is 165 Å². The topological polar surface area (TPSA) is 396 Å². The van der Waals surface area contributed by atoms with Gasteiger partial charge in [-0.25, -0.2) is 19.9 Å². The normalized spacial score (nSPS) is 20.9. The molecular weight excluding hydrogens is 1900 g/mol. The van der Waals surface area contributed by atoms with Gasteiger partial charge < -0.3 is 77.7 Å². The Kier molecular flexibility index (Phi) is 31.0. The van der Waals surface area contributed by atoms with Crippen molar-refractivity contribution < 1.29 is 67.0 Å². The minimum Gasteiger partial charge on any atom is -0.496 e. The molecule has 3 atom stereocenters. The molecule has 11 aliphatic heterocycles. The number of ether oxygens (including phenoxy) is 3. The second kappa shape index (κ2) is 44.6. The highest BCUT2D eigenvalue weighted by atomic mass is 35.5. The van der Waals surface area contributed by atoms with Crippen LogP contribution in [0.3, 0.4) is 0 Å². The fraction of sp³-hybridized carbons (Fsp3) is 0.519. The van der Waals surface area contributed by atoms with E-state index in [-0.39, 0.29) is 91.0 Å². The first-order chi connectivity index (χ1) is 70.8. The van der Waals surface area contributed by atoms with Gasteiger partial charge in [-0.3, -0.25) is 98.3 Å². The summed E-state index contributed by atoms with van der Waals surface area (Å²) < 4.78 is 21.2. The smallest absolute Gasteiger partial charge is 0.270 e. The van der Waals surface area contributed by atoms with Crippen molar-refractivity contribution in [1.29, 1.82) is 0 Å². The first-order valence-corrected chi connectivity index (χ1v) is 51.8. The van der Waals surface area contributed by atoms with Crippen molar-refractivity contribution >= 4 is 128 Å². The van der Waals surface area contributed by atoms with Gasteiger partial charge in [-0.05, 0) is 116 Å². The first-order valence-electron chi connectivity index (χ1n) is 51.8. The van der Waals surface area contributed by atoms with Gasteiger partial charge in [0, 0.05) is 306 Å². The molecule has 147 heavy (non-hydrogen) atoms. The summed E-state index contributed by atoms with van der Waals surface area (Å²) in [4.78, 5) is 197. The van der Waals surface area contributed by atoms with Crippen LogP contribution >= 0.6 is 12.4 Å². The van der Waals surface area contributed by atoms with Gasteiger partial charge in [0.25, 0.3) is 29.5 Å². The van der Waals surface area contributed by atoms with Crippen molar-refractivity contribution in [2.45, 2.75) is 153 Å². The minimum absolute atomic E-state index is 0. The van der Waals surface area contributed by atoms with Crippen molar-refractivity contribution in [2.24, 2.45) is 0 Å². The number of nitrogens with zero attached hydrogens (tertiary/aromatic N) is 22. The molecule has 2 aliphatic carbocycles. The number of piperidine rings is 3. The number of piperazine rings is 5. The molecular formula is C106H133ClN26O14. The zero-order chi connectivity index (χ0) is 101. The third kappa shape index (κ3) is 21.8. The monoisotopic (exact) mass is 2030 g/mol. The van der Waals surface area contributed by atoms with E-state index in [4.69, 9.17) is 34.1 Å². The van der Waals surface area contributed by atoms with Gasteiger partial charge >= 0.3 is 0 Å². The van der Waals surface area contributed by atoms with Gasteiger partial charge in [0.05, 0.1) is 74.6 Å². The molecule has 11 amide bonds. The Morgan fingerprint density at radius 1 is 0.367 bits per heavy atom. The third-order valence-electron chi connectivity index (χ3n) is 31.4. The zero-order valence-corrected chi connectivity index (χ0v) is 85.8. The third-order valence-corrected chi connectivity index (χ3v) is 31.4. The van der Waals surface area contributed by atoms with E-state index in [0.717, 1.165) is 261 Å². The van der Waals surface area contributed by atoms with Gasteiger partial charge in [-0.15, -0.1) is 12.4 Å². The number of amides is 11. The number of benzene rings is 3. The van der Waals surface area contributed by atoms with Crippen LogP contribution in [0.15, 0.2) is 97.6 Å². The number of hydrogen-bond donors (Lipinski definition) is 4.